The van der Waals surface area contributed by atoms with E-state index in [0.717, 1.165) is 49.3 Å². The number of amides is 5. The molecule has 18 heteroatoms. The summed E-state index contributed by atoms with van der Waals surface area (Å²) in [6.45, 7) is 6.04. The van der Waals surface area contributed by atoms with E-state index in [2.05, 4.69) is 46.6 Å². The fourth-order valence-corrected chi connectivity index (χ4v) is 13.8. The van der Waals surface area contributed by atoms with Crippen LogP contribution >= 0.6 is 11.6 Å². The zero-order valence-corrected chi connectivity index (χ0v) is 41.7. The summed E-state index contributed by atoms with van der Waals surface area (Å²) >= 11 is 6.50. The number of pyridine rings is 1. The van der Waals surface area contributed by atoms with Crippen molar-refractivity contribution >= 4 is 52.5 Å². The summed E-state index contributed by atoms with van der Waals surface area (Å²) in [5.74, 6) is 4.07. The molecular weight excluding hydrogens is 978 g/mol. The molecule has 1 aromatic heterocycles. The third-order valence-corrected chi connectivity index (χ3v) is 18.2. The smallest absolute Gasteiger partial charge is 0.433 e. The number of anilines is 2. The summed E-state index contributed by atoms with van der Waals surface area (Å²) in [7, 11) is 0. The van der Waals surface area contributed by atoms with Crippen molar-refractivity contribution in [3.63, 3.8) is 0 Å². The average Bonchev–Trinajstić information content (AvgIpc) is 3.59. The number of halogens is 5. The molecular formula is C56H54ClF4N7O6. The van der Waals surface area contributed by atoms with Crippen LogP contribution in [-0.2, 0) is 32.5 Å². The number of hydrogen-bond donors (Lipinski definition) is 3. The quantitative estimate of drug-likeness (QED) is 0.105. The van der Waals surface area contributed by atoms with Gasteiger partial charge in [0.2, 0.25) is 17.7 Å². The van der Waals surface area contributed by atoms with E-state index in [9.17, 15) is 32.3 Å². The second-order valence-electron chi connectivity index (χ2n) is 22.4. The van der Waals surface area contributed by atoms with Gasteiger partial charge >= 0.3 is 6.18 Å². The number of carbonyl (C=O) groups is 5. The molecule has 384 valence electrons. The van der Waals surface area contributed by atoms with E-state index in [1.807, 2.05) is 11.0 Å². The Balaban J connectivity index is 0.776. The molecule has 0 bridgehead atoms. The number of benzene rings is 3. The number of piperidine rings is 2. The number of hydrogen-bond acceptors (Lipinski definition) is 9. The monoisotopic (exact) mass is 1030 g/mol. The number of fused-ring (bicyclic) bond motifs is 5. The molecule has 5 amide bonds. The Kier molecular flexibility index (Phi) is 11.3. The van der Waals surface area contributed by atoms with E-state index in [0.29, 0.717) is 54.1 Å². The predicted octanol–water partition coefficient (Wildman–Crippen LogP) is 8.13. The molecule has 74 heavy (non-hydrogen) atoms. The van der Waals surface area contributed by atoms with Crippen molar-refractivity contribution in [1.29, 1.82) is 0 Å². The van der Waals surface area contributed by atoms with Crippen LogP contribution in [0.2, 0.25) is 5.02 Å². The van der Waals surface area contributed by atoms with Gasteiger partial charge in [0.15, 0.2) is 0 Å². The lowest BCUT2D eigenvalue weighted by Crippen LogP contribution is -2.60. The number of aromatic nitrogens is 1. The van der Waals surface area contributed by atoms with Crippen molar-refractivity contribution < 1.29 is 46.3 Å². The van der Waals surface area contributed by atoms with E-state index in [1.54, 1.807) is 47.4 Å². The maximum absolute atomic E-state index is 16.7. The molecule has 2 aliphatic carbocycles. The zero-order chi connectivity index (χ0) is 51.7. The van der Waals surface area contributed by atoms with Crippen molar-refractivity contribution in [3.8, 4) is 17.6 Å². The highest BCUT2D eigenvalue weighted by molar-refractivity contribution is 6.30. The lowest BCUT2D eigenvalue weighted by Gasteiger charge is -2.51. The lowest BCUT2D eigenvalue weighted by atomic mass is 9.54. The number of alkyl halides is 3. The summed E-state index contributed by atoms with van der Waals surface area (Å²) in [6.07, 6.45) is 2.06. The average molecular weight is 1030 g/mol. The van der Waals surface area contributed by atoms with Gasteiger partial charge in [-0.3, -0.25) is 39.6 Å². The van der Waals surface area contributed by atoms with Gasteiger partial charge in [0.05, 0.1) is 23.3 Å². The highest BCUT2D eigenvalue weighted by Gasteiger charge is 2.70. The number of nitrogens with zero attached hydrogens (tertiary/aromatic N) is 4. The summed E-state index contributed by atoms with van der Waals surface area (Å²) in [4.78, 5) is 76.4. The van der Waals surface area contributed by atoms with Crippen molar-refractivity contribution in [2.24, 2.45) is 16.7 Å². The highest BCUT2D eigenvalue weighted by Crippen LogP contribution is 2.64. The molecule has 13 nitrogen and oxygen atoms in total. The summed E-state index contributed by atoms with van der Waals surface area (Å²) in [5, 5.41) is 9.25. The first kappa shape index (κ1) is 48.4. The molecule has 0 unspecified atom stereocenters. The molecule has 2 saturated carbocycles. The molecule has 4 aromatic rings. The van der Waals surface area contributed by atoms with Gasteiger partial charge in [-0.2, -0.15) is 13.2 Å². The normalized spacial score (nSPS) is 27.0. The molecule has 3 aromatic carbocycles. The van der Waals surface area contributed by atoms with Crippen LogP contribution in [0.15, 0.2) is 66.9 Å². The zero-order valence-electron chi connectivity index (χ0n) is 40.9. The number of imide groups is 1. The van der Waals surface area contributed by atoms with Crippen molar-refractivity contribution in [1.82, 2.24) is 25.4 Å². The molecule has 12 rings (SSSR count). The number of ether oxygens (including phenoxy) is 1. The summed E-state index contributed by atoms with van der Waals surface area (Å²) in [6, 6.07) is 14.4. The summed E-state index contributed by atoms with van der Waals surface area (Å²) in [5.41, 5.74) is 0.690. The Bertz CT molecular complexity index is 3150. The molecule has 7 heterocycles. The fraction of sp³-hybridized carbons (Fsp3) is 0.464. The third kappa shape index (κ3) is 7.67. The number of likely N-dealkylation sites (tertiary alicyclic amines) is 1. The SMILES string of the molecule is CC1(C)CCC2(CC1)N[C@@H](C(=O)N1CCOc3cc(C(=O)N4CCC5(CC4)C[C@H]5C#Cc4cccc5c4CN([C@H]4CCC(=O)NC4=O)C5=O)ccc31)[C@H](c1cccc(Cl)c1F)[C@]21CNc2cc(C(F)(F)F)ncc21. The van der Waals surface area contributed by atoms with E-state index in [1.165, 1.54) is 17.2 Å². The Morgan fingerprint density at radius 3 is 2.47 bits per heavy atom. The Hall–Kier alpha value is -6.51. The Labute approximate surface area is 430 Å². The molecule has 6 aliphatic heterocycles. The van der Waals surface area contributed by atoms with Crippen LogP contribution in [0, 0.1) is 34.4 Å². The summed E-state index contributed by atoms with van der Waals surface area (Å²) < 4.78 is 65.1. The van der Waals surface area contributed by atoms with Crippen LogP contribution in [0.1, 0.15) is 126 Å². The van der Waals surface area contributed by atoms with E-state index >= 15 is 9.18 Å². The second kappa shape index (κ2) is 17.3. The molecule has 5 atom stereocenters. The molecule has 3 N–H and O–H groups in total. The minimum absolute atomic E-state index is 0.0274. The first-order valence-electron chi connectivity index (χ1n) is 25.5. The maximum atomic E-state index is 16.7. The van der Waals surface area contributed by atoms with Crippen LogP contribution in [-0.4, -0.2) is 94.7 Å². The third-order valence-electron chi connectivity index (χ3n) is 18.0. The molecule has 8 aliphatic rings. The van der Waals surface area contributed by atoms with Crippen LogP contribution in [0.25, 0.3) is 0 Å². The first-order valence-corrected chi connectivity index (χ1v) is 25.9. The standard InChI is InChI=1S/C56H54ClF4N7O6/c1-52(2)15-17-54(18-16-52)55(30-63-39-26-43(56(59,60)61)62-28-37(39)55)45(35-7-4-8-38(57)46(35)58)47(65-54)51(73)67-23-24-74-42-25-32(10-12-40(42)67)49(71)66-21-19-53(20-22-66)27-33(53)11-9-31-5-3-6-34-36(31)29-68(50(34)72)41-13-14-44(69)64-48(41)70/h3-8,10,12,25-26,28,33,41,45,47,63,65H,13-24,27,29-30H2,1-2H3,(H,64,69,70)/t33-,41+,45+,47-,55-/m1/s1. The molecule has 3 spiro atoms. The highest BCUT2D eigenvalue weighted by atomic mass is 35.5. The van der Waals surface area contributed by atoms with E-state index < -0.39 is 52.6 Å². The number of rotatable bonds is 4. The van der Waals surface area contributed by atoms with Gasteiger partial charge in [-0.05, 0) is 116 Å². The largest absolute Gasteiger partial charge is 0.490 e. The predicted molar refractivity (Wildman–Crippen MR) is 265 cm³/mol. The van der Waals surface area contributed by atoms with Gasteiger partial charge < -0.3 is 24.8 Å². The van der Waals surface area contributed by atoms with E-state index in [-0.39, 0.29) is 95.7 Å². The maximum Gasteiger partial charge on any atom is 0.433 e. The van der Waals surface area contributed by atoms with Crippen LogP contribution in [0.5, 0.6) is 5.75 Å². The molecule has 0 radical (unpaired) electrons. The van der Waals surface area contributed by atoms with Crippen molar-refractivity contribution in [2.75, 3.05) is 43.0 Å². The van der Waals surface area contributed by atoms with Crippen molar-refractivity contribution in [2.45, 2.75) is 113 Å². The van der Waals surface area contributed by atoms with Gasteiger partial charge in [0.1, 0.15) is 29.9 Å². The minimum Gasteiger partial charge on any atom is -0.490 e. The minimum atomic E-state index is -4.70. The van der Waals surface area contributed by atoms with Crippen LogP contribution in [0.3, 0.4) is 0 Å². The lowest BCUT2D eigenvalue weighted by molar-refractivity contribution is -0.141. The number of nitrogens with one attached hydrogen (secondary N) is 3. The Morgan fingerprint density at radius 2 is 1.72 bits per heavy atom. The van der Waals surface area contributed by atoms with Crippen LogP contribution in [0.4, 0.5) is 28.9 Å². The van der Waals surface area contributed by atoms with Crippen LogP contribution < -0.4 is 25.6 Å². The van der Waals surface area contributed by atoms with Gasteiger partial charge in [-0.25, -0.2) is 4.39 Å². The van der Waals surface area contributed by atoms with Gasteiger partial charge in [0, 0.05) is 89.5 Å². The van der Waals surface area contributed by atoms with Gasteiger partial charge in [-0.1, -0.05) is 55.5 Å². The fourth-order valence-electron chi connectivity index (χ4n) is 13.7. The van der Waals surface area contributed by atoms with Crippen molar-refractivity contribution in [3.05, 3.63) is 117 Å². The topological polar surface area (TPSA) is 153 Å². The first-order chi connectivity index (χ1) is 35.3. The Morgan fingerprint density at radius 1 is 0.946 bits per heavy atom. The van der Waals surface area contributed by atoms with E-state index in [4.69, 9.17) is 16.3 Å². The molecule has 5 fully saturated rings. The van der Waals surface area contributed by atoms with Gasteiger partial charge in [0.25, 0.3) is 11.8 Å². The second-order valence-corrected chi connectivity index (χ2v) is 22.8. The van der Waals surface area contributed by atoms with Gasteiger partial charge in [-0.15, -0.1) is 0 Å². The molecule has 3 saturated heterocycles. The number of carbonyl (C=O) groups excluding carboxylic acids is 5.